The van der Waals surface area contributed by atoms with Crippen LogP contribution in [0.1, 0.15) is 30.1 Å². The van der Waals surface area contributed by atoms with Crippen molar-refractivity contribution in [2.45, 2.75) is 25.2 Å². The van der Waals surface area contributed by atoms with Crippen molar-refractivity contribution in [1.82, 2.24) is 0 Å². The molecule has 1 aromatic carbocycles. The number of hydrogen-bond acceptors (Lipinski definition) is 2. The third-order valence-corrected chi connectivity index (χ3v) is 2.94. The van der Waals surface area contributed by atoms with Gasteiger partial charge in [0.25, 0.3) is 0 Å². The summed E-state index contributed by atoms with van der Waals surface area (Å²) in [6.45, 7) is 0. The molecule has 2 aromatic rings. The molecule has 1 heterocycles. The number of fused-ring (bicyclic) bond motifs is 1. The quantitative estimate of drug-likeness (QED) is 0.858. The second-order valence-corrected chi connectivity index (χ2v) is 4.37. The Kier molecular flexibility index (Phi) is 1.99. The van der Waals surface area contributed by atoms with Gasteiger partial charge >= 0.3 is 5.97 Å². The number of carboxylic acid groups (broad SMARTS) is 1. The number of benzene rings is 1. The zero-order valence-electron chi connectivity index (χ0n) is 8.77. The molecule has 1 aromatic heterocycles. The second kappa shape index (κ2) is 3.37. The number of furan rings is 1. The molecule has 0 bridgehead atoms. The Balaban J connectivity index is 1.99. The van der Waals surface area contributed by atoms with Crippen LogP contribution in [0, 0.1) is 0 Å². The highest BCUT2D eigenvalue weighted by atomic mass is 16.4. The average molecular weight is 216 g/mol. The minimum Gasteiger partial charge on any atom is -0.481 e. The van der Waals surface area contributed by atoms with Gasteiger partial charge < -0.3 is 9.52 Å². The molecule has 0 atom stereocenters. The first-order chi connectivity index (χ1) is 7.72. The van der Waals surface area contributed by atoms with Crippen LogP contribution in [-0.2, 0) is 11.2 Å². The van der Waals surface area contributed by atoms with E-state index < -0.39 is 5.97 Å². The molecular weight excluding hydrogens is 204 g/mol. The summed E-state index contributed by atoms with van der Waals surface area (Å²) in [6.07, 6.45) is 2.47. The Labute approximate surface area is 92.7 Å². The summed E-state index contributed by atoms with van der Waals surface area (Å²) in [7, 11) is 0. The molecule has 0 unspecified atom stereocenters. The van der Waals surface area contributed by atoms with E-state index >= 15 is 0 Å². The molecule has 1 aliphatic carbocycles. The molecule has 0 spiro atoms. The first kappa shape index (κ1) is 9.46. The zero-order valence-corrected chi connectivity index (χ0v) is 8.77. The van der Waals surface area contributed by atoms with E-state index in [1.54, 1.807) is 0 Å². The van der Waals surface area contributed by atoms with Crippen LogP contribution in [0.3, 0.4) is 0 Å². The van der Waals surface area contributed by atoms with Crippen LogP contribution in [0.25, 0.3) is 11.0 Å². The van der Waals surface area contributed by atoms with Crippen LogP contribution in [0.2, 0.25) is 0 Å². The first-order valence-corrected chi connectivity index (χ1v) is 5.46. The largest absolute Gasteiger partial charge is 0.481 e. The van der Waals surface area contributed by atoms with E-state index in [9.17, 15) is 4.79 Å². The highest BCUT2D eigenvalue weighted by Gasteiger charge is 2.27. The zero-order chi connectivity index (χ0) is 11.1. The van der Waals surface area contributed by atoms with Gasteiger partial charge in [0.15, 0.2) is 0 Å². The molecule has 1 fully saturated rings. The minimum atomic E-state index is -0.812. The smallest absolute Gasteiger partial charge is 0.307 e. The maximum atomic E-state index is 10.6. The molecule has 0 amide bonds. The Morgan fingerprint density at radius 2 is 2.19 bits per heavy atom. The van der Waals surface area contributed by atoms with Gasteiger partial charge in [0.1, 0.15) is 11.3 Å². The summed E-state index contributed by atoms with van der Waals surface area (Å²) in [5.41, 5.74) is 1.59. The van der Waals surface area contributed by atoms with Crippen LogP contribution in [0.4, 0.5) is 0 Å². The van der Waals surface area contributed by atoms with E-state index in [0.717, 1.165) is 22.3 Å². The van der Waals surface area contributed by atoms with Crippen molar-refractivity contribution in [3.05, 3.63) is 35.6 Å². The maximum Gasteiger partial charge on any atom is 0.307 e. The van der Waals surface area contributed by atoms with Crippen molar-refractivity contribution in [2.75, 3.05) is 0 Å². The topological polar surface area (TPSA) is 50.4 Å². The molecule has 0 aliphatic heterocycles. The van der Waals surface area contributed by atoms with Crippen LogP contribution < -0.4 is 0 Å². The number of carbonyl (C=O) groups is 1. The second-order valence-electron chi connectivity index (χ2n) is 4.37. The van der Waals surface area contributed by atoms with Gasteiger partial charge in [0, 0.05) is 11.3 Å². The highest BCUT2D eigenvalue weighted by Crippen LogP contribution is 2.42. The van der Waals surface area contributed by atoms with E-state index in [1.165, 1.54) is 12.8 Å². The van der Waals surface area contributed by atoms with Gasteiger partial charge in [-0.3, -0.25) is 4.79 Å². The first-order valence-electron chi connectivity index (χ1n) is 5.46. The molecule has 0 saturated heterocycles. The highest BCUT2D eigenvalue weighted by molar-refractivity contribution is 5.80. The Morgan fingerprint density at radius 3 is 2.88 bits per heavy atom. The van der Waals surface area contributed by atoms with Gasteiger partial charge in [-0.25, -0.2) is 0 Å². The SMILES string of the molecule is O=C(O)Cc1ccc2cc(C3CC3)oc2c1. The van der Waals surface area contributed by atoms with Gasteiger partial charge in [-0.05, 0) is 30.5 Å². The normalized spacial score (nSPS) is 15.5. The third kappa shape index (κ3) is 1.69. The number of rotatable bonds is 3. The van der Waals surface area contributed by atoms with E-state index in [4.69, 9.17) is 9.52 Å². The fourth-order valence-electron chi connectivity index (χ4n) is 1.95. The molecule has 3 rings (SSSR count). The predicted octanol–water partition coefficient (Wildman–Crippen LogP) is 2.94. The monoisotopic (exact) mass is 216 g/mol. The standard InChI is InChI=1S/C13H12O3/c14-13(15)6-8-1-2-10-7-12(9-3-4-9)16-11(10)5-8/h1-2,5,7,9H,3-4,6H2,(H,14,15). The van der Waals surface area contributed by atoms with Crippen molar-refractivity contribution >= 4 is 16.9 Å². The van der Waals surface area contributed by atoms with Crippen molar-refractivity contribution in [1.29, 1.82) is 0 Å². The summed E-state index contributed by atoms with van der Waals surface area (Å²) in [5, 5.41) is 9.78. The number of carboxylic acids is 1. The third-order valence-electron chi connectivity index (χ3n) is 2.94. The number of aliphatic carboxylic acids is 1. The Hall–Kier alpha value is -1.77. The Morgan fingerprint density at radius 1 is 1.38 bits per heavy atom. The summed E-state index contributed by atoms with van der Waals surface area (Å²) in [5.74, 6) is 0.825. The summed E-state index contributed by atoms with van der Waals surface area (Å²) >= 11 is 0. The van der Waals surface area contributed by atoms with Crippen LogP contribution >= 0.6 is 0 Å². The van der Waals surface area contributed by atoms with Gasteiger partial charge in [-0.1, -0.05) is 12.1 Å². The molecule has 82 valence electrons. The van der Waals surface area contributed by atoms with E-state index in [2.05, 4.69) is 6.07 Å². The molecule has 16 heavy (non-hydrogen) atoms. The average Bonchev–Trinajstić information content (AvgIpc) is 2.98. The van der Waals surface area contributed by atoms with Gasteiger partial charge in [-0.15, -0.1) is 0 Å². The van der Waals surface area contributed by atoms with Crippen LogP contribution in [-0.4, -0.2) is 11.1 Å². The maximum absolute atomic E-state index is 10.6. The van der Waals surface area contributed by atoms with Gasteiger partial charge in [-0.2, -0.15) is 0 Å². The molecule has 3 nitrogen and oxygen atoms in total. The van der Waals surface area contributed by atoms with E-state index in [-0.39, 0.29) is 6.42 Å². The lowest BCUT2D eigenvalue weighted by atomic mass is 10.1. The number of hydrogen-bond donors (Lipinski definition) is 1. The summed E-state index contributed by atoms with van der Waals surface area (Å²) < 4.78 is 5.72. The van der Waals surface area contributed by atoms with Crippen LogP contribution in [0.15, 0.2) is 28.7 Å². The fourth-order valence-corrected chi connectivity index (χ4v) is 1.95. The Bertz CT molecular complexity index is 549. The molecule has 3 heteroatoms. The predicted molar refractivity (Wildman–Crippen MR) is 59.5 cm³/mol. The van der Waals surface area contributed by atoms with Gasteiger partial charge in [0.05, 0.1) is 6.42 Å². The van der Waals surface area contributed by atoms with Crippen molar-refractivity contribution < 1.29 is 14.3 Å². The van der Waals surface area contributed by atoms with Crippen molar-refractivity contribution in [3.63, 3.8) is 0 Å². The summed E-state index contributed by atoms with van der Waals surface area (Å²) in [4.78, 5) is 10.6. The molecule has 1 aliphatic rings. The van der Waals surface area contributed by atoms with E-state index in [1.807, 2.05) is 18.2 Å². The molecule has 1 saturated carbocycles. The molecular formula is C13H12O3. The lowest BCUT2D eigenvalue weighted by molar-refractivity contribution is -0.136. The molecule has 0 radical (unpaired) electrons. The summed E-state index contributed by atoms with van der Waals surface area (Å²) in [6, 6.07) is 7.68. The van der Waals surface area contributed by atoms with Crippen LogP contribution in [0.5, 0.6) is 0 Å². The molecule has 1 N–H and O–H groups in total. The van der Waals surface area contributed by atoms with E-state index in [0.29, 0.717) is 5.92 Å². The lowest BCUT2D eigenvalue weighted by Crippen LogP contribution is -1.99. The van der Waals surface area contributed by atoms with Crippen molar-refractivity contribution in [3.8, 4) is 0 Å². The van der Waals surface area contributed by atoms with Crippen molar-refractivity contribution in [2.24, 2.45) is 0 Å². The minimum absolute atomic E-state index is 0.0510. The van der Waals surface area contributed by atoms with Gasteiger partial charge in [0.2, 0.25) is 0 Å². The lowest BCUT2D eigenvalue weighted by Gasteiger charge is -1.95. The fraction of sp³-hybridized carbons (Fsp3) is 0.308.